The number of halogens is 1. The molecule has 0 spiro atoms. The third kappa shape index (κ3) is 3.39. The SMILES string of the molecule is O=C(O)[C@H]1CCCN1S(=O)(=O)C=Cc1ccc(Cl)cc1. The van der Waals surface area contributed by atoms with Gasteiger partial charge in [0.25, 0.3) is 0 Å². The maximum Gasteiger partial charge on any atom is 0.322 e. The zero-order valence-electron chi connectivity index (χ0n) is 10.6. The molecule has 20 heavy (non-hydrogen) atoms. The molecule has 5 nitrogen and oxygen atoms in total. The van der Waals surface area contributed by atoms with Gasteiger partial charge in [-0.1, -0.05) is 23.7 Å². The van der Waals surface area contributed by atoms with Crippen LogP contribution in [-0.2, 0) is 14.8 Å². The Morgan fingerprint density at radius 3 is 2.60 bits per heavy atom. The second-order valence-corrected chi connectivity index (χ2v) is 6.71. The van der Waals surface area contributed by atoms with Crippen molar-refractivity contribution >= 4 is 33.7 Å². The minimum atomic E-state index is -3.72. The van der Waals surface area contributed by atoms with Crippen molar-refractivity contribution in [2.45, 2.75) is 18.9 Å². The van der Waals surface area contributed by atoms with Crippen molar-refractivity contribution in [1.82, 2.24) is 4.31 Å². The molecule has 1 atom stereocenters. The number of hydrogen-bond acceptors (Lipinski definition) is 3. The van der Waals surface area contributed by atoms with Crippen molar-refractivity contribution in [2.75, 3.05) is 6.54 Å². The fourth-order valence-corrected chi connectivity index (χ4v) is 3.65. The third-order valence-corrected chi connectivity index (χ3v) is 4.94. The highest BCUT2D eigenvalue weighted by molar-refractivity contribution is 7.92. The Hall–Kier alpha value is -1.37. The summed E-state index contributed by atoms with van der Waals surface area (Å²) in [5, 5.41) is 10.6. The number of carbonyl (C=O) groups is 1. The molecule has 0 saturated carbocycles. The number of benzene rings is 1. The van der Waals surface area contributed by atoms with Gasteiger partial charge in [-0.05, 0) is 36.6 Å². The van der Waals surface area contributed by atoms with E-state index in [1.54, 1.807) is 24.3 Å². The van der Waals surface area contributed by atoms with E-state index >= 15 is 0 Å². The number of carboxylic acid groups (broad SMARTS) is 1. The molecule has 1 aromatic rings. The van der Waals surface area contributed by atoms with Crippen molar-refractivity contribution in [1.29, 1.82) is 0 Å². The lowest BCUT2D eigenvalue weighted by Gasteiger charge is -2.18. The number of aliphatic carboxylic acids is 1. The molecule has 1 N–H and O–H groups in total. The second-order valence-electron chi connectivity index (χ2n) is 4.51. The van der Waals surface area contributed by atoms with Crippen molar-refractivity contribution in [2.24, 2.45) is 0 Å². The zero-order valence-corrected chi connectivity index (χ0v) is 12.1. The summed E-state index contributed by atoms with van der Waals surface area (Å²) in [4.78, 5) is 11.0. The molecule has 1 aliphatic heterocycles. The quantitative estimate of drug-likeness (QED) is 0.924. The van der Waals surface area contributed by atoms with Crippen LogP contribution in [0.3, 0.4) is 0 Å². The predicted octanol–water partition coefficient (Wildman–Crippen LogP) is 2.19. The highest BCUT2D eigenvalue weighted by Gasteiger charge is 2.37. The maximum atomic E-state index is 12.1. The Morgan fingerprint density at radius 2 is 2.00 bits per heavy atom. The summed E-state index contributed by atoms with van der Waals surface area (Å²) in [7, 11) is -3.72. The molecule has 0 aliphatic carbocycles. The first-order valence-corrected chi connectivity index (χ1v) is 7.96. The number of sulfonamides is 1. The molecule has 0 unspecified atom stereocenters. The Kier molecular flexibility index (Phi) is 4.47. The van der Waals surface area contributed by atoms with Crippen molar-refractivity contribution in [3.05, 3.63) is 40.3 Å². The largest absolute Gasteiger partial charge is 0.480 e. The maximum absolute atomic E-state index is 12.1. The van der Waals surface area contributed by atoms with Gasteiger partial charge in [0.05, 0.1) is 0 Å². The lowest BCUT2D eigenvalue weighted by molar-refractivity contribution is -0.140. The van der Waals surface area contributed by atoms with E-state index in [1.165, 1.54) is 6.08 Å². The van der Waals surface area contributed by atoms with Gasteiger partial charge in [-0.2, -0.15) is 4.31 Å². The number of rotatable bonds is 4. The molecule has 0 amide bonds. The van der Waals surface area contributed by atoms with Crippen LogP contribution in [0.15, 0.2) is 29.7 Å². The lowest BCUT2D eigenvalue weighted by atomic mass is 10.2. The Balaban J connectivity index is 2.18. The molecule has 1 saturated heterocycles. The molecule has 1 heterocycles. The predicted molar refractivity (Wildman–Crippen MR) is 76.8 cm³/mol. The summed E-state index contributed by atoms with van der Waals surface area (Å²) in [6.45, 7) is 0.240. The van der Waals surface area contributed by atoms with Crippen LogP contribution in [0, 0.1) is 0 Å². The summed E-state index contributed by atoms with van der Waals surface area (Å²) in [6, 6.07) is 5.72. The van der Waals surface area contributed by atoms with Crippen LogP contribution >= 0.6 is 11.6 Å². The van der Waals surface area contributed by atoms with Gasteiger partial charge in [-0.25, -0.2) is 8.42 Å². The van der Waals surface area contributed by atoms with Crippen LogP contribution in [-0.4, -0.2) is 36.4 Å². The molecule has 1 aliphatic rings. The van der Waals surface area contributed by atoms with E-state index in [1.807, 2.05) is 0 Å². The van der Waals surface area contributed by atoms with Crippen LogP contribution in [0.1, 0.15) is 18.4 Å². The Morgan fingerprint density at radius 1 is 1.35 bits per heavy atom. The molecular formula is C13H14ClNO4S. The molecule has 0 aromatic heterocycles. The molecule has 0 bridgehead atoms. The molecule has 2 rings (SSSR count). The van der Waals surface area contributed by atoms with Gasteiger partial charge < -0.3 is 5.11 Å². The first-order valence-electron chi connectivity index (χ1n) is 6.08. The summed E-state index contributed by atoms with van der Waals surface area (Å²) in [6.07, 6.45) is 2.34. The fraction of sp³-hybridized carbons (Fsp3) is 0.308. The molecular weight excluding hydrogens is 302 g/mol. The van der Waals surface area contributed by atoms with Crippen LogP contribution in [0.4, 0.5) is 0 Å². The highest BCUT2D eigenvalue weighted by atomic mass is 35.5. The average molecular weight is 316 g/mol. The molecule has 1 fully saturated rings. The van der Waals surface area contributed by atoms with Gasteiger partial charge in [0.2, 0.25) is 10.0 Å². The highest BCUT2D eigenvalue weighted by Crippen LogP contribution is 2.22. The first-order chi connectivity index (χ1) is 9.40. The van der Waals surface area contributed by atoms with E-state index in [-0.39, 0.29) is 6.54 Å². The van der Waals surface area contributed by atoms with Gasteiger partial charge >= 0.3 is 5.97 Å². The van der Waals surface area contributed by atoms with Gasteiger partial charge in [0.15, 0.2) is 0 Å². The van der Waals surface area contributed by atoms with E-state index in [0.717, 1.165) is 9.71 Å². The molecule has 108 valence electrons. The molecule has 7 heteroatoms. The Labute approximate surface area is 122 Å². The summed E-state index contributed by atoms with van der Waals surface area (Å²) >= 11 is 5.74. The van der Waals surface area contributed by atoms with Gasteiger partial charge in [0.1, 0.15) is 6.04 Å². The van der Waals surface area contributed by atoms with Crippen LogP contribution < -0.4 is 0 Å². The van der Waals surface area contributed by atoms with Gasteiger partial charge in [-0.3, -0.25) is 4.79 Å². The van der Waals surface area contributed by atoms with Gasteiger partial charge in [0, 0.05) is 17.0 Å². The van der Waals surface area contributed by atoms with E-state index in [2.05, 4.69) is 0 Å². The topological polar surface area (TPSA) is 74.7 Å². The smallest absolute Gasteiger partial charge is 0.322 e. The normalized spacial score (nSPS) is 20.6. The standard InChI is InChI=1S/C13H14ClNO4S/c14-11-5-3-10(4-6-11)7-9-20(18,19)15-8-1-2-12(15)13(16)17/h3-7,9,12H,1-2,8H2,(H,16,17)/t12-/m1/s1. The average Bonchev–Trinajstić information content (AvgIpc) is 2.88. The van der Waals surface area contributed by atoms with Crippen molar-refractivity contribution < 1.29 is 18.3 Å². The van der Waals surface area contributed by atoms with Gasteiger partial charge in [-0.15, -0.1) is 0 Å². The number of hydrogen-bond donors (Lipinski definition) is 1. The molecule has 0 radical (unpaired) electrons. The zero-order chi connectivity index (χ0) is 14.8. The fourth-order valence-electron chi connectivity index (χ4n) is 2.11. The van der Waals surface area contributed by atoms with Crippen molar-refractivity contribution in [3.8, 4) is 0 Å². The molecule has 1 aromatic carbocycles. The summed E-state index contributed by atoms with van der Waals surface area (Å²) in [5.41, 5.74) is 0.684. The lowest BCUT2D eigenvalue weighted by Crippen LogP contribution is -2.39. The van der Waals surface area contributed by atoms with E-state index in [9.17, 15) is 13.2 Å². The summed E-state index contributed by atoms with van der Waals surface area (Å²) < 4.78 is 25.3. The number of nitrogens with zero attached hydrogens (tertiary/aromatic N) is 1. The van der Waals surface area contributed by atoms with Crippen LogP contribution in [0.25, 0.3) is 6.08 Å². The minimum absolute atomic E-state index is 0.240. The van der Waals surface area contributed by atoms with E-state index in [4.69, 9.17) is 16.7 Å². The third-order valence-electron chi connectivity index (χ3n) is 3.12. The Bertz CT molecular complexity index is 624. The first kappa shape index (κ1) is 15.0. The van der Waals surface area contributed by atoms with Crippen LogP contribution in [0.5, 0.6) is 0 Å². The van der Waals surface area contributed by atoms with Crippen molar-refractivity contribution in [3.63, 3.8) is 0 Å². The number of carboxylic acids is 1. The van der Waals surface area contributed by atoms with E-state index < -0.39 is 22.0 Å². The summed E-state index contributed by atoms with van der Waals surface area (Å²) in [5.74, 6) is -1.11. The minimum Gasteiger partial charge on any atom is -0.480 e. The monoisotopic (exact) mass is 315 g/mol. The van der Waals surface area contributed by atoms with E-state index in [0.29, 0.717) is 23.4 Å². The van der Waals surface area contributed by atoms with Crippen LogP contribution in [0.2, 0.25) is 5.02 Å². The second kappa shape index (κ2) is 5.95.